The van der Waals surface area contributed by atoms with Crippen LogP contribution in [0.25, 0.3) is 0 Å². The first-order valence-electron chi connectivity index (χ1n) is 6.05. The van der Waals surface area contributed by atoms with Crippen molar-refractivity contribution in [1.29, 1.82) is 0 Å². The summed E-state index contributed by atoms with van der Waals surface area (Å²) in [6, 6.07) is 0.458. The van der Waals surface area contributed by atoms with Crippen LogP contribution in [-0.4, -0.2) is 15.8 Å². The highest BCUT2D eigenvalue weighted by Gasteiger charge is 2.18. The van der Waals surface area contributed by atoms with Gasteiger partial charge in [0, 0.05) is 18.8 Å². The van der Waals surface area contributed by atoms with Gasteiger partial charge in [-0.25, -0.2) is 0 Å². The van der Waals surface area contributed by atoms with Crippen molar-refractivity contribution in [3.63, 3.8) is 0 Å². The molecule has 15 heavy (non-hydrogen) atoms. The molecule has 0 aliphatic heterocycles. The van der Waals surface area contributed by atoms with Crippen LogP contribution in [0.3, 0.4) is 0 Å². The molecule has 1 aromatic rings. The molecule has 1 aliphatic carbocycles. The highest BCUT2D eigenvalue weighted by atomic mass is 15.3. The quantitative estimate of drug-likeness (QED) is 0.823. The second-order valence-corrected chi connectivity index (χ2v) is 4.69. The average Bonchev–Trinajstić information content (AvgIpc) is 2.69. The first-order valence-corrected chi connectivity index (χ1v) is 6.05. The fraction of sp³-hybridized carbons (Fsp3) is 0.750. The molecular formula is C12H21N3. The summed E-state index contributed by atoms with van der Waals surface area (Å²) in [4.78, 5) is 0. The minimum absolute atomic E-state index is 0.458. The van der Waals surface area contributed by atoms with Gasteiger partial charge in [0.2, 0.25) is 0 Å². The molecule has 0 spiro atoms. The van der Waals surface area contributed by atoms with Crippen molar-refractivity contribution in [1.82, 2.24) is 9.78 Å². The highest BCUT2D eigenvalue weighted by molar-refractivity contribution is 5.05. The van der Waals surface area contributed by atoms with Gasteiger partial charge < -0.3 is 5.73 Å². The maximum Gasteiger partial charge on any atom is 0.0521 e. The van der Waals surface area contributed by atoms with Crippen molar-refractivity contribution in [2.75, 3.05) is 0 Å². The topological polar surface area (TPSA) is 43.8 Å². The lowest BCUT2D eigenvalue weighted by Crippen LogP contribution is -2.27. The van der Waals surface area contributed by atoms with E-state index in [-0.39, 0.29) is 0 Å². The molecule has 2 N–H and O–H groups in total. The van der Waals surface area contributed by atoms with Crippen LogP contribution in [0, 0.1) is 5.92 Å². The van der Waals surface area contributed by atoms with E-state index < -0.39 is 0 Å². The molecule has 0 amide bonds. The third-order valence-electron chi connectivity index (χ3n) is 3.43. The van der Waals surface area contributed by atoms with Crippen LogP contribution >= 0.6 is 0 Å². The first kappa shape index (κ1) is 10.7. The maximum absolute atomic E-state index is 5.90. The fourth-order valence-electron chi connectivity index (χ4n) is 2.41. The Morgan fingerprint density at radius 2 is 2.13 bits per heavy atom. The van der Waals surface area contributed by atoms with Gasteiger partial charge in [0.15, 0.2) is 0 Å². The van der Waals surface area contributed by atoms with Crippen molar-refractivity contribution < 1.29 is 0 Å². The van der Waals surface area contributed by atoms with Crippen LogP contribution in [0.15, 0.2) is 12.4 Å². The van der Waals surface area contributed by atoms with E-state index in [0.717, 1.165) is 12.5 Å². The second kappa shape index (κ2) is 4.79. The number of aryl methyl sites for hydroxylation is 1. The van der Waals surface area contributed by atoms with E-state index >= 15 is 0 Å². The lowest BCUT2D eigenvalue weighted by molar-refractivity contribution is 0.325. The van der Waals surface area contributed by atoms with Crippen LogP contribution in [0.2, 0.25) is 0 Å². The predicted molar refractivity (Wildman–Crippen MR) is 61.5 cm³/mol. The van der Waals surface area contributed by atoms with Gasteiger partial charge in [-0.1, -0.05) is 0 Å². The lowest BCUT2D eigenvalue weighted by Gasteiger charge is -2.25. The Labute approximate surface area is 91.7 Å². The Bertz CT molecular complexity index is 298. The zero-order valence-corrected chi connectivity index (χ0v) is 9.52. The lowest BCUT2D eigenvalue weighted by atomic mass is 9.83. The van der Waals surface area contributed by atoms with Crippen LogP contribution in [0.4, 0.5) is 0 Å². The fourth-order valence-corrected chi connectivity index (χ4v) is 2.41. The van der Waals surface area contributed by atoms with Crippen molar-refractivity contribution in [2.24, 2.45) is 11.7 Å². The summed E-state index contributed by atoms with van der Waals surface area (Å²) in [6.07, 6.45) is 10.4. The third kappa shape index (κ3) is 2.81. The van der Waals surface area contributed by atoms with Gasteiger partial charge in [0.1, 0.15) is 0 Å². The smallest absolute Gasteiger partial charge is 0.0521 e. The number of rotatable bonds is 3. The van der Waals surface area contributed by atoms with Crippen molar-refractivity contribution in [2.45, 2.75) is 51.6 Å². The molecule has 3 heteroatoms. The molecule has 0 saturated heterocycles. The van der Waals surface area contributed by atoms with E-state index in [1.165, 1.54) is 37.7 Å². The SMILES string of the molecule is CCn1cc(CC2CCC(N)CC2)cn1. The molecule has 1 saturated carbocycles. The van der Waals surface area contributed by atoms with Crippen LogP contribution < -0.4 is 5.73 Å². The van der Waals surface area contributed by atoms with E-state index in [9.17, 15) is 0 Å². The average molecular weight is 207 g/mol. The standard InChI is InChI=1S/C12H21N3/c1-2-15-9-11(8-14-15)7-10-3-5-12(13)6-4-10/h8-10,12H,2-7,13H2,1H3. The number of nitrogens with two attached hydrogens (primary N) is 1. The molecule has 3 nitrogen and oxygen atoms in total. The zero-order valence-electron chi connectivity index (χ0n) is 9.52. The van der Waals surface area contributed by atoms with Gasteiger partial charge in [0.25, 0.3) is 0 Å². The molecule has 0 unspecified atom stereocenters. The van der Waals surface area contributed by atoms with E-state index in [2.05, 4.69) is 18.2 Å². The molecule has 1 aromatic heterocycles. The normalized spacial score (nSPS) is 26.8. The molecule has 0 atom stereocenters. The Hall–Kier alpha value is -0.830. The van der Waals surface area contributed by atoms with Crippen molar-refractivity contribution in [3.05, 3.63) is 18.0 Å². The molecule has 0 bridgehead atoms. The Morgan fingerprint density at radius 3 is 2.73 bits per heavy atom. The maximum atomic E-state index is 5.90. The van der Waals surface area contributed by atoms with Crippen LogP contribution in [0.1, 0.15) is 38.2 Å². The zero-order chi connectivity index (χ0) is 10.7. The number of hydrogen-bond donors (Lipinski definition) is 1. The van der Waals surface area contributed by atoms with Crippen molar-refractivity contribution >= 4 is 0 Å². The molecule has 84 valence electrons. The first-order chi connectivity index (χ1) is 7.28. The van der Waals surface area contributed by atoms with E-state index in [1.54, 1.807) is 0 Å². The predicted octanol–water partition coefficient (Wildman–Crippen LogP) is 1.96. The largest absolute Gasteiger partial charge is 0.328 e. The monoisotopic (exact) mass is 207 g/mol. The Morgan fingerprint density at radius 1 is 1.40 bits per heavy atom. The van der Waals surface area contributed by atoms with Gasteiger partial charge in [-0.15, -0.1) is 0 Å². The van der Waals surface area contributed by atoms with Crippen LogP contribution in [0.5, 0.6) is 0 Å². The van der Waals surface area contributed by atoms with Gasteiger partial charge in [-0.05, 0) is 50.5 Å². The summed E-state index contributed by atoms with van der Waals surface area (Å²) in [7, 11) is 0. The summed E-state index contributed by atoms with van der Waals surface area (Å²) < 4.78 is 2.00. The summed E-state index contributed by atoms with van der Waals surface area (Å²) in [5, 5.41) is 4.31. The minimum Gasteiger partial charge on any atom is -0.328 e. The van der Waals surface area contributed by atoms with Crippen molar-refractivity contribution in [3.8, 4) is 0 Å². The molecule has 1 aliphatic rings. The summed E-state index contributed by atoms with van der Waals surface area (Å²) >= 11 is 0. The second-order valence-electron chi connectivity index (χ2n) is 4.69. The van der Waals surface area contributed by atoms with Gasteiger partial charge >= 0.3 is 0 Å². The number of hydrogen-bond acceptors (Lipinski definition) is 2. The summed E-state index contributed by atoms with van der Waals surface area (Å²) in [6.45, 7) is 3.09. The summed E-state index contributed by atoms with van der Waals surface area (Å²) in [5.41, 5.74) is 7.29. The van der Waals surface area contributed by atoms with E-state index in [1.807, 2.05) is 10.9 Å². The molecule has 1 heterocycles. The molecule has 0 aromatic carbocycles. The van der Waals surface area contributed by atoms with Gasteiger partial charge in [-0.2, -0.15) is 5.10 Å². The number of aromatic nitrogens is 2. The molecule has 2 rings (SSSR count). The minimum atomic E-state index is 0.458. The highest BCUT2D eigenvalue weighted by Crippen LogP contribution is 2.26. The molecular weight excluding hydrogens is 186 g/mol. The van der Waals surface area contributed by atoms with E-state index in [0.29, 0.717) is 6.04 Å². The third-order valence-corrected chi connectivity index (χ3v) is 3.43. The molecule has 1 fully saturated rings. The number of nitrogens with zero attached hydrogens (tertiary/aromatic N) is 2. The Kier molecular flexibility index (Phi) is 3.41. The molecule has 0 radical (unpaired) electrons. The van der Waals surface area contributed by atoms with Gasteiger partial charge in [-0.3, -0.25) is 4.68 Å². The summed E-state index contributed by atoms with van der Waals surface area (Å²) in [5.74, 6) is 0.833. The van der Waals surface area contributed by atoms with Gasteiger partial charge in [0.05, 0.1) is 6.20 Å². The van der Waals surface area contributed by atoms with E-state index in [4.69, 9.17) is 5.73 Å². The van der Waals surface area contributed by atoms with Crippen LogP contribution in [-0.2, 0) is 13.0 Å². The Balaban J connectivity index is 1.86.